The van der Waals surface area contributed by atoms with Gasteiger partial charge in [0.2, 0.25) is 0 Å². The SMILES string of the molecule is CCCS(=O)(=O)c1ccccc1NCC(C)(C)CC. The summed E-state index contributed by atoms with van der Waals surface area (Å²) < 4.78 is 24.4. The Bertz CT molecular complexity index is 507. The molecule has 0 atom stereocenters. The highest BCUT2D eigenvalue weighted by atomic mass is 32.2. The third-order valence-corrected chi connectivity index (χ3v) is 5.38. The summed E-state index contributed by atoms with van der Waals surface area (Å²) in [6.07, 6.45) is 1.68. The second-order valence-corrected chi connectivity index (χ2v) is 7.76. The Morgan fingerprint density at radius 1 is 1.16 bits per heavy atom. The summed E-state index contributed by atoms with van der Waals surface area (Å²) in [7, 11) is -3.18. The van der Waals surface area contributed by atoms with Crippen molar-refractivity contribution in [3.8, 4) is 0 Å². The molecule has 0 amide bonds. The lowest BCUT2D eigenvalue weighted by Gasteiger charge is -2.24. The minimum absolute atomic E-state index is 0.154. The number of hydrogen-bond acceptors (Lipinski definition) is 3. The monoisotopic (exact) mass is 283 g/mol. The van der Waals surface area contributed by atoms with Gasteiger partial charge in [0.05, 0.1) is 16.3 Å². The molecule has 0 radical (unpaired) electrons. The number of benzene rings is 1. The Balaban J connectivity index is 2.97. The van der Waals surface area contributed by atoms with Crippen molar-refractivity contribution in [1.29, 1.82) is 0 Å². The average Bonchev–Trinajstić information content (AvgIpc) is 2.37. The largest absolute Gasteiger partial charge is 0.383 e. The number of rotatable bonds is 7. The maximum Gasteiger partial charge on any atom is 0.180 e. The Hall–Kier alpha value is -1.03. The Morgan fingerprint density at radius 3 is 2.37 bits per heavy atom. The van der Waals surface area contributed by atoms with Gasteiger partial charge in [-0.1, -0.05) is 39.8 Å². The molecule has 1 aromatic rings. The van der Waals surface area contributed by atoms with Crippen LogP contribution < -0.4 is 5.32 Å². The van der Waals surface area contributed by atoms with Crippen molar-refractivity contribution >= 4 is 15.5 Å². The Labute approximate surface area is 117 Å². The number of anilines is 1. The second kappa shape index (κ2) is 6.42. The van der Waals surface area contributed by atoms with E-state index in [1.165, 1.54) is 0 Å². The summed E-state index contributed by atoms with van der Waals surface area (Å²) in [6.45, 7) is 9.13. The van der Waals surface area contributed by atoms with Crippen molar-refractivity contribution in [2.45, 2.75) is 45.4 Å². The Kier molecular flexibility index (Phi) is 5.41. The molecule has 1 N–H and O–H groups in total. The quantitative estimate of drug-likeness (QED) is 0.829. The van der Waals surface area contributed by atoms with E-state index in [0.717, 1.165) is 18.7 Å². The van der Waals surface area contributed by atoms with E-state index in [4.69, 9.17) is 0 Å². The number of para-hydroxylation sites is 1. The first-order valence-corrected chi connectivity index (χ1v) is 8.53. The lowest BCUT2D eigenvalue weighted by atomic mass is 9.90. The van der Waals surface area contributed by atoms with Crippen LogP contribution in [0.25, 0.3) is 0 Å². The molecule has 0 bridgehead atoms. The van der Waals surface area contributed by atoms with E-state index in [2.05, 4.69) is 26.1 Å². The van der Waals surface area contributed by atoms with E-state index >= 15 is 0 Å². The zero-order chi connectivity index (χ0) is 14.5. The predicted octanol–water partition coefficient (Wildman–Crippen LogP) is 3.72. The van der Waals surface area contributed by atoms with Crippen LogP contribution in [0.2, 0.25) is 0 Å². The van der Waals surface area contributed by atoms with Gasteiger partial charge in [-0.25, -0.2) is 8.42 Å². The minimum Gasteiger partial charge on any atom is -0.383 e. The second-order valence-electron chi connectivity index (χ2n) is 5.69. The highest BCUT2D eigenvalue weighted by Gasteiger charge is 2.19. The molecule has 0 heterocycles. The fourth-order valence-electron chi connectivity index (χ4n) is 1.72. The molecular weight excluding hydrogens is 258 g/mol. The van der Waals surface area contributed by atoms with Crippen LogP contribution in [0.1, 0.15) is 40.5 Å². The fourth-order valence-corrected chi connectivity index (χ4v) is 3.24. The topological polar surface area (TPSA) is 46.2 Å². The van der Waals surface area contributed by atoms with E-state index in [0.29, 0.717) is 11.3 Å². The van der Waals surface area contributed by atoms with Gasteiger partial charge in [-0.15, -0.1) is 0 Å². The van der Waals surface area contributed by atoms with E-state index in [9.17, 15) is 8.42 Å². The highest BCUT2D eigenvalue weighted by molar-refractivity contribution is 7.91. The lowest BCUT2D eigenvalue weighted by molar-refractivity contribution is 0.376. The maximum absolute atomic E-state index is 12.2. The zero-order valence-electron chi connectivity index (χ0n) is 12.4. The molecule has 0 fully saturated rings. The normalized spacial score (nSPS) is 12.4. The van der Waals surface area contributed by atoms with Crippen molar-refractivity contribution in [1.82, 2.24) is 0 Å². The van der Waals surface area contributed by atoms with Crippen molar-refractivity contribution in [2.24, 2.45) is 5.41 Å². The van der Waals surface area contributed by atoms with Gasteiger partial charge in [-0.2, -0.15) is 0 Å². The van der Waals surface area contributed by atoms with Gasteiger partial charge < -0.3 is 5.32 Å². The minimum atomic E-state index is -3.18. The van der Waals surface area contributed by atoms with E-state index in [1.54, 1.807) is 12.1 Å². The first-order chi connectivity index (χ1) is 8.82. The third-order valence-electron chi connectivity index (χ3n) is 3.41. The molecule has 3 nitrogen and oxygen atoms in total. The van der Waals surface area contributed by atoms with Gasteiger partial charge in [0, 0.05) is 6.54 Å². The molecule has 0 spiro atoms. The molecule has 4 heteroatoms. The fraction of sp³-hybridized carbons (Fsp3) is 0.600. The number of nitrogens with one attached hydrogen (secondary N) is 1. The summed E-state index contributed by atoms with van der Waals surface area (Å²) in [5.41, 5.74) is 0.874. The summed E-state index contributed by atoms with van der Waals surface area (Å²) in [6, 6.07) is 7.17. The standard InChI is InChI=1S/C15H25NO2S/c1-5-11-19(17,18)14-10-8-7-9-13(14)16-12-15(3,4)6-2/h7-10,16H,5-6,11-12H2,1-4H3. The molecule has 0 aromatic heterocycles. The van der Waals surface area contributed by atoms with Gasteiger partial charge in [-0.3, -0.25) is 0 Å². The predicted molar refractivity (Wildman–Crippen MR) is 81.3 cm³/mol. The van der Waals surface area contributed by atoms with Crippen LogP contribution in [0.5, 0.6) is 0 Å². The smallest absolute Gasteiger partial charge is 0.180 e. The number of hydrogen-bond donors (Lipinski definition) is 1. The maximum atomic E-state index is 12.2. The zero-order valence-corrected chi connectivity index (χ0v) is 13.2. The van der Waals surface area contributed by atoms with E-state index in [1.807, 2.05) is 19.1 Å². The van der Waals surface area contributed by atoms with E-state index in [-0.39, 0.29) is 11.2 Å². The molecule has 0 unspecified atom stereocenters. The van der Waals surface area contributed by atoms with Crippen LogP contribution in [0.3, 0.4) is 0 Å². The van der Waals surface area contributed by atoms with Crippen LogP contribution in [-0.4, -0.2) is 20.7 Å². The first kappa shape index (κ1) is 16.0. The third kappa shape index (κ3) is 4.53. The first-order valence-electron chi connectivity index (χ1n) is 6.88. The molecule has 0 saturated carbocycles. The molecule has 1 aromatic carbocycles. The van der Waals surface area contributed by atoms with Gasteiger partial charge in [0.1, 0.15) is 0 Å². The van der Waals surface area contributed by atoms with Gasteiger partial charge in [0.25, 0.3) is 0 Å². The molecule has 108 valence electrons. The van der Waals surface area contributed by atoms with Crippen molar-refractivity contribution in [3.05, 3.63) is 24.3 Å². The summed E-state index contributed by atoms with van der Waals surface area (Å²) >= 11 is 0. The highest BCUT2D eigenvalue weighted by Crippen LogP contribution is 2.25. The van der Waals surface area contributed by atoms with Crippen LogP contribution >= 0.6 is 0 Å². The molecule has 1 rings (SSSR count). The summed E-state index contributed by atoms with van der Waals surface area (Å²) in [4.78, 5) is 0.420. The van der Waals surface area contributed by atoms with Gasteiger partial charge >= 0.3 is 0 Å². The average molecular weight is 283 g/mol. The van der Waals surface area contributed by atoms with Crippen molar-refractivity contribution < 1.29 is 8.42 Å². The van der Waals surface area contributed by atoms with Crippen molar-refractivity contribution in [2.75, 3.05) is 17.6 Å². The summed E-state index contributed by atoms with van der Waals surface area (Å²) in [5.74, 6) is 0.197. The molecule has 0 aliphatic carbocycles. The van der Waals surface area contributed by atoms with Crippen LogP contribution in [-0.2, 0) is 9.84 Å². The lowest BCUT2D eigenvalue weighted by Crippen LogP contribution is -2.23. The van der Waals surface area contributed by atoms with Gasteiger partial charge in [-0.05, 0) is 30.4 Å². The van der Waals surface area contributed by atoms with Crippen molar-refractivity contribution in [3.63, 3.8) is 0 Å². The van der Waals surface area contributed by atoms with Crippen LogP contribution in [0.4, 0.5) is 5.69 Å². The molecule has 19 heavy (non-hydrogen) atoms. The molecular formula is C15H25NO2S. The van der Waals surface area contributed by atoms with E-state index < -0.39 is 9.84 Å². The molecule has 0 aliphatic rings. The van der Waals surface area contributed by atoms with Gasteiger partial charge in [0.15, 0.2) is 9.84 Å². The Morgan fingerprint density at radius 2 is 1.79 bits per heavy atom. The van der Waals surface area contributed by atoms with Crippen LogP contribution in [0, 0.1) is 5.41 Å². The number of sulfone groups is 1. The summed E-state index contributed by atoms with van der Waals surface area (Å²) in [5, 5.41) is 3.29. The van der Waals surface area contributed by atoms with Crippen LogP contribution in [0.15, 0.2) is 29.2 Å². The molecule has 0 aliphatic heterocycles. The molecule has 0 saturated heterocycles.